The van der Waals surface area contributed by atoms with Gasteiger partial charge in [0.05, 0.1) is 11.0 Å². The quantitative estimate of drug-likeness (QED) is 0.361. The van der Waals surface area contributed by atoms with E-state index in [-0.39, 0.29) is 17.2 Å². The Kier molecular flexibility index (Phi) is 6.53. The number of nitrogens with zero attached hydrogens (tertiary/aromatic N) is 2. The molecule has 1 aliphatic carbocycles. The zero-order valence-corrected chi connectivity index (χ0v) is 19.8. The summed E-state index contributed by atoms with van der Waals surface area (Å²) in [5, 5.41) is 12.2. The van der Waals surface area contributed by atoms with Gasteiger partial charge >= 0.3 is 12.3 Å². The Bertz CT molecular complexity index is 1250. The minimum Gasteiger partial charge on any atom is -0.478 e. The van der Waals surface area contributed by atoms with Crippen LogP contribution in [0.5, 0.6) is 5.75 Å². The van der Waals surface area contributed by atoms with Crippen LogP contribution in [0.25, 0.3) is 17.1 Å². The number of benzene rings is 2. The fraction of sp³-hybridized carbons (Fsp3) is 0.385. The standard InChI is InChI=1S/C26H28F3N3O3/c1-16-12-19(15-25(2,3)14-16)32-22-10-4-17(5-11-23(33)34)13-21(22)31-24(32)30-18-6-8-20(9-7-18)35-26(27,28)29/h4-11,13,16,19H,12,14-15H2,1-3H3,(H,30,31)(H,33,34)/b11-5+/t16-,19-/m0/s1. The van der Waals surface area contributed by atoms with Gasteiger partial charge in [0, 0.05) is 17.8 Å². The van der Waals surface area contributed by atoms with Crippen molar-refractivity contribution < 1.29 is 27.8 Å². The molecule has 6 nitrogen and oxygen atoms in total. The van der Waals surface area contributed by atoms with E-state index in [9.17, 15) is 18.0 Å². The van der Waals surface area contributed by atoms with Gasteiger partial charge in [0.1, 0.15) is 5.75 Å². The van der Waals surface area contributed by atoms with Crippen molar-refractivity contribution in [1.82, 2.24) is 9.55 Å². The molecule has 1 saturated carbocycles. The number of carbonyl (C=O) groups is 1. The van der Waals surface area contributed by atoms with Crippen molar-refractivity contribution in [2.45, 2.75) is 52.4 Å². The zero-order valence-electron chi connectivity index (χ0n) is 19.8. The molecule has 1 aliphatic rings. The van der Waals surface area contributed by atoms with Crippen molar-refractivity contribution >= 4 is 34.7 Å². The van der Waals surface area contributed by atoms with Gasteiger partial charge in [-0.1, -0.05) is 26.8 Å². The monoisotopic (exact) mass is 487 g/mol. The van der Waals surface area contributed by atoms with Gasteiger partial charge in [-0.2, -0.15) is 0 Å². The summed E-state index contributed by atoms with van der Waals surface area (Å²) in [4.78, 5) is 15.7. The first-order valence-corrected chi connectivity index (χ1v) is 11.4. The number of nitrogens with one attached hydrogen (secondary N) is 1. The fourth-order valence-corrected chi connectivity index (χ4v) is 5.21. The molecule has 1 heterocycles. The molecule has 1 fully saturated rings. The van der Waals surface area contributed by atoms with E-state index in [0.29, 0.717) is 28.6 Å². The predicted molar refractivity (Wildman–Crippen MR) is 129 cm³/mol. The number of fused-ring (bicyclic) bond motifs is 1. The number of hydrogen-bond acceptors (Lipinski definition) is 4. The second-order valence-electron chi connectivity index (χ2n) is 9.99. The molecule has 3 aromatic rings. The number of halogens is 3. The molecule has 0 bridgehead atoms. The lowest BCUT2D eigenvalue weighted by Crippen LogP contribution is -2.29. The molecular weight excluding hydrogens is 459 g/mol. The molecule has 0 spiro atoms. The normalized spacial score (nSPS) is 20.3. The van der Waals surface area contributed by atoms with E-state index in [1.54, 1.807) is 0 Å². The van der Waals surface area contributed by atoms with E-state index in [2.05, 4.69) is 35.4 Å². The Labute approximate surface area is 201 Å². The molecule has 0 saturated heterocycles. The maximum Gasteiger partial charge on any atom is 0.573 e. The van der Waals surface area contributed by atoms with Crippen LogP contribution in [0.3, 0.4) is 0 Å². The van der Waals surface area contributed by atoms with E-state index in [0.717, 1.165) is 30.9 Å². The number of anilines is 2. The van der Waals surface area contributed by atoms with Crippen LogP contribution in [-0.4, -0.2) is 27.0 Å². The van der Waals surface area contributed by atoms with E-state index in [1.165, 1.54) is 30.3 Å². The smallest absolute Gasteiger partial charge is 0.478 e. The van der Waals surface area contributed by atoms with Gasteiger partial charge in [-0.25, -0.2) is 9.78 Å². The van der Waals surface area contributed by atoms with Gasteiger partial charge in [0.2, 0.25) is 5.95 Å². The van der Waals surface area contributed by atoms with Crippen LogP contribution in [0, 0.1) is 11.3 Å². The Hall–Kier alpha value is -3.49. The first-order chi connectivity index (χ1) is 16.4. The second kappa shape index (κ2) is 9.28. The third kappa shape index (κ3) is 6.15. The maximum atomic E-state index is 12.5. The minimum atomic E-state index is -4.75. The molecule has 2 aromatic carbocycles. The van der Waals surface area contributed by atoms with Gasteiger partial charge in [-0.15, -0.1) is 13.2 Å². The van der Waals surface area contributed by atoms with Gasteiger partial charge in [0.15, 0.2) is 0 Å². The van der Waals surface area contributed by atoms with Crippen LogP contribution in [0.4, 0.5) is 24.8 Å². The molecule has 0 radical (unpaired) electrons. The zero-order chi connectivity index (χ0) is 25.4. The van der Waals surface area contributed by atoms with Crippen LogP contribution in [0.1, 0.15) is 51.6 Å². The molecule has 2 atom stereocenters. The second-order valence-corrected chi connectivity index (χ2v) is 9.99. The molecular formula is C26H28F3N3O3. The van der Waals surface area contributed by atoms with Gasteiger partial charge < -0.3 is 19.7 Å². The van der Waals surface area contributed by atoms with E-state index in [4.69, 9.17) is 10.1 Å². The van der Waals surface area contributed by atoms with Crippen molar-refractivity contribution in [2.75, 3.05) is 5.32 Å². The van der Waals surface area contributed by atoms with Crippen LogP contribution in [-0.2, 0) is 4.79 Å². The molecule has 1 aromatic heterocycles. The van der Waals surface area contributed by atoms with Crippen molar-refractivity contribution in [3.63, 3.8) is 0 Å². The number of alkyl halides is 3. The first kappa shape index (κ1) is 24.6. The highest BCUT2D eigenvalue weighted by molar-refractivity contribution is 5.87. The average molecular weight is 488 g/mol. The summed E-state index contributed by atoms with van der Waals surface area (Å²) in [6.45, 7) is 6.76. The molecule has 186 valence electrons. The summed E-state index contributed by atoms with van der Waals surface area (Å²) < 4.78 is 43.6. The number of hydrogen-bond donors (Lipinski definition) is 2. The first-order valence-electron chi connectivity index (χ1n) is 11.4. The lowest BCUT2D eigenvalue weighted by molar-refractivity contribution is -0.274. The topological polar surface area (TPSA) is 76.4 Å². The largest absolute Gasteiger partial charge is 0.573 e. The van der Waals surface area contributed by atoms with Crippen LogP contribution < -0.4 is 10.1 Å². The van der Waals surface area contributed by atoms with Crippen molar-refractivity contribution in [3.05, 3.63) is 54.1 Å². The Balaban J connectivity index is 1.73. The highest BCUT2D eigenvalue weighted by atomic mass is 19.4. The summed E-state index contributed by atoms with van der Waals surface area (Å²) in [5.74, 6) is -0.229. The molecule has 0 unspecified atom stereocenters. The van der Waals surface area contributed by atoms with E-state index >= 15 is 0 Å². The number of carboxylic acids is 1. The van der Waals surface area contributed by atoms with Crippen LogP contribution in [0.15, 0.2) is 48.5 Å². The Morgan fingerprint density at radius 1 is 1.20 bits per heavy atom. The third-order valence-electron chi connectivity index (χ3n) is 6.20. The highest BCUT2D eigenvalue weighted by Crippen LogP contribution is 2.46. The number of aliphatic carboxylic acids is 1. The van der Waals surface area contributed by atoms with Crippen molar-refractivity contribution in [3.8, 4) is 5.75 Å². The van der Waals surface area contributed by atoms with Crippen LogP contribution in [0.2, 0.25) is 0 Å². The molecule has 0 aliphatic heterocycles. The summed E-state index contributed by atoms with van der Waals surface area (Å²) in [7, 11) is 0. The summed E-state index contributed by atoms with van der Waals surface area (Å²) in [6, 6.07) is 11.3. The lowest BCUT2D eigenvalue weighted by atomic mass is 9.70. The number of ether oxygens (including phenoxy) is 1. The van der Waals surface area contributed by atoms with E-state index < -0.39 is 12.3 Å². The van der Waals surface area contributed by atoms with E-state index in [1.807, 2.05) is 18.2 Å². The number of imidazole rings is 1. The van der Waals surface area contributed by atoms with Crippen molar-refractivity contribution in [2.24, 2.45) is 11.3 Å². The van der Waals surface area contributed by atoms with Crippen LogP contribution >= 0.6 is 0 Å². The molecule has 35 heavy (non-hydrogen) atoms. The van der Waals surface area contributed by atoms with Gasteiger partial charge in [0.25, 0.3) is 0 Å². The fourth-order valence-electron chi connectivity index (χ4n) is 5.21. The highest BCUT2D eigenvalue weighted by Gasteiger charge is 2.35. The van der Waals surface area contributed by atoms with Gasteiger partial charge in [-0.3, -0.25) is 0 Å². The molecule has 9 heteroatoms. The maximum absolute atomic E-state index is 12.5. The summed E-state index contributed by atoms with van der Waals surface area (Å²) in [5.41, 5.74) is 3.05. The third-order valence-corrected chi connectivity index (χ3v) is 6.20. The Morgan fingerprint density at radius 3 is 2.54 bits per heavy atom. The molecule has 2 N–H and O–H groups in total. The molecule has 0 amide bonds. The summed E-state index contributed by atoms with van der Waals surface area (Å²) in [6.07, 6.45) is 0.898. The van der Waals surface area contributed by atoms with Gasteiger partial charge in [-0.05, 0) is 78.6 Å². The summed E-state index contributed by atoms with van der Waals surface area (Å²) >= 11 is 0. The Morgan fingerprint density at radius 2 is 1.91 bits per heavy atom. The number of carboxylic acid groups (broad SMARTS) is 1. The average Bonchev–Trinajstić information content (AvgIpc) is 3.08. The van der Waals surface area contributed by atoms with Crippen molar-refractivity contribution in [1.29, 1.82) is 0 Å². The minimum absolute atomic E-state index is 0.150. The number of rotatable bonds is 6. The lowest BCUT2D eigenvalue weighted by Gasteiger charge is -2.40. The SMILES string of the molecule is C[C@H]1C[C@H](n2c(Nc3ccc(OC(F)(F)F)cc3)nc3cc(/C=C/C(=O)O)ccc32)CC(C)(C)C1. The number of aromatic nitrogens is 2. The predicted octanol–water partition coefficient (Wildman–Crippen LogP) is 7.16. The molecule has 4 rings (SSSR count).